The van der Waals surface area contributed by atoms with Gasteiger partial charge in [0.15, 0.2) is 0 Å². The molecule has 1 heterocycles. The van der Waals surface area contributed by atoms with Gasteiger partial charge in [-0.2, -0.15) is 0 Å². The highest BCUT2D eigenvalue weighted by Gasteiger charge is 2.33. The zero-order chi connectivity index (χ0) is 18.8. The molecule has 0 saturated heterocycles. The van der Waals surface area contributed by atoms with Gasteiger partial charge in [0, 0.05) is 27.0 Å². The Balaban J connectivity index is 2.00. The van der Waals surface area contributed by atoms with Crippen molar-refractivity contribution in [2.75, 3.05) is 5.32 Å². The summed E-state index contributed by atoms with van der Waals surface area (Å²) < 4.78 is 0. The number of urea groups is 1. The summed E-state index contributed by atoms with van der Waals surface area (Å²) in [5.41, 5.74) is 3.02. The minimum absolute atomic E-state index is 0.347. The number of carbonyl (C=O) groups excluding carboxylic acids is 2. The molecule has 1 aliphatic heterocycles. The highest BCUT2D eigenvalue weighted by molar-refractivity contribution is 6.36. The van der Waals surface area contributed by atoms with Crippen molar-refractivity contribution in [3.8, 4) is 0 Å². The zero-order valence-corrected chi connectivity index (χ0v) is 15.7. The lowest BCUT2D eigenvalue weighted by Gasteiger charge is -2.29. The molecular weight excluding hydrogens is 373 g/mol. The molecular formula is C19H17Cl2N3O2. The molecule has 3 rings (SSSR count). The van der Waals surface area contributed by atoms with Crippen LogP contribution >= 0.6 is 23.2 Å². The van der Waals surface area contributed by atoms with Crippen molar-refractivity contribution in [2.45, 2.75) is 19.9 Å². The van der Waals surface area contributed by atoms with Crippen LogP contribution in [0.4, 0.5) is 10.5 Å². The second-order valence-electron chi connectivity index (χ2n) is 6.03. The topological polar surface area (TPSA) is 70.2 Å². The summed E-state index contributed by atoms with van der Waals surface area (Å²) in [5.74, 6) is -0.347. The van der Waals surface area contributed by atoms with E-state index in [-0.39, 0.29) is 5.91 Å². The summed E-state index contributed by atoms with van der Waals surface area (Å²) in [6.45, 7) is 3.63. The van der Waals surface area contributed by atoms with Gasteiger partial charge < -0.3 is 16.0 Å². The Bertz CT molecular complexity index is 887. The number of rotatable bonds is 3. The van der Waals surface area contributed by atoms with E-state index in [1.165, 1.54) is 0 Å². The molecule has 26 heavy (non-hydrogen) atoms. The van der Waals surface area contributed by atoms with Gasteiger partial charge in [-0.1, -0.05) is 47.0 Å². The fourth-order valence-corrected chi connectivity index (χ4v) is 3.45. The molecule has 7 heteroatoms. The van der Waals surface area contributed by atoms with Crippen LogP contribution in [0.3, 0.4) is 0 Å². The normalized spacial score (nSPS) is 16.8. The quantitative estimate of drug-likeness (QED) is 0.719. The van der Waals surface area contributed by atoms with Crippen molar-refractivity contribution in [2.24, 2.45) is 0 Å². The Kier molecular flexibility index (Phi) is 5.20. The predicted octanol–water partition coefficient (Wildman–Crippen LogP) is 4.57. The van der Waals surface area contributed by atoms with E-state index in [9.17, 15) is 9.59 Å². The van der Waals surface area contributed by atoms with Gasteiger partial charge in [0.1, 0.15) is 0 Å². The van der Waals surface area contributed by atoms with E-state index in [1.54, 1.807) is 25.1 Å². The summed E-state index contributed by atoms with van der Waals surface area (Å²) >= 11 is 12.6. The summed E-state index contributed by atoms with van der Waals surface area (Å²) in [6, 6.07) is 11.3. The Morgan fingerprint density at radius 3 is 2.27 bits per heavy atom. The maximum absolute atomic E-state index is 12.9. The van der Waals surface area contributed by atoms with E-state index >= 15 is 0 Å². The minimum Gasteiger partial charge on any atom is -0.327 e. The van der Waals surface area contributed by atoms with Crippen molar-refractivity contribution in [1.29, 1.82) is 0 Å². The highest BCUT2D eigenvalue weighted by Crippen LogP contribution is 2.36. The number of anilines is 1. The largest absolute Gasteiger partial charge is 0.327 e. The summed E-state index contributed by atoms with van der Waals surface area (Å²) in [6.07, 6.45) is 0. The van der Waals surface area contributed by atoms with Crippen molar-refractivity contribution in [3.05, 3.63) is 74.9 Å². The van der Waals surface area contributed by atoms with Crippen LogP contribution in [0.2, 0.25) is 10.0 Å². The number of benzene rings is 2. The third-order valence-corrected chi connectivity index (χ3v) is 4.77. The van der Waals surface area contributed by atoms with Crippen LogP contribution in [0.5, 0.6) is 0 Å². The van der Waals surface area contributed by atoms with Crippen molar-refractivity contribution < 1.29 is 9.59 Å². The number of halogens is 2. The van der Waals surface area contributed by atoms with Gasteiger partial charge in [-0.25, -0.2) is 4.79 Å². The number of carbonyl (C=O) groups is 2. The van der Waals surface area contributed by atoms with E-state index in [2.05, 4.69) is 16.0 Å². The van der Waals surface area contributed by atoms with E-state index in [0.717, 1.165) is 5.56 Å². The average molecular weight is 390 g/mol. The Hall–Kier alpha value is -2.50. The molecule has 0 radical (unpaired) electrons. The van der Waals surface area contributed by atoms with Crippen molar-refractivity contribution in [1.82, 2.24) is 10.6 Å². The SMILES string of the molecule is CC1=C(C(=O)Nc2ccc(C)cc2)[C@H](c2c(Cl)cccc2Cl)NC(=O)N1. The van der Waals surface area contributed by atoms with Crippen LogP contribution in [-0.4, -0.2) is 11.9 Å². The van der Waals surface area contributed by atoms with Gasteiger partial charge in [0.05, 0.1) is 11.6 Å². The maximum Gasteiger partial charge on any atom is 0.319 e. The molecule has 0 aliphatic carbocycles. The second-order valence-corrected chi connectivity index (χ2v) is 6.84. The molecule has 0 saturated carbocycles. The van der Waals surface area contributed by atoms with Crippen molar-refractivity contribution in [3.63, 3.8) is 0 Å². The van der Waals surface area contributed by atoms with Crippen LogP contribution in [0.25, 0.3) is 0 Å². The standard InChI is InChI=1S/C19H17Cl2N3O2/c1-10-6-8-12(9-7-10)23-18(25)15-11(2)22-19(26)24-17(15)16-13(20)4-3-5-14(16)21/h3-9,17H,1-2H3,(H,23,25)(H2,22,24,26)/t17-/m1/s1. The van der Waals surface area contributed by atoms with Crippen LogP contribution in [0.1, 0.15) is 24.1 Å². The third-order valence-electron chi connectivity index (χ3n) is 4.11. The molecule has 0 spiro atoms. The van der Waals surface area contributed by atoms with Gasteiger partial charge in [-0.3, -0.25) is 4.79 Å². The number of hydrogen-bond acceptors (Lipinski definition) is 2. The van der Waals surface area contributed by atoms with Crippen LogP contribution in [0, 0.1) is 6.92 Å². The van der Waals surface area contributed by atoms with Crippen LogP contribution in [-0.2, 0) is 4.79 Å². The van der Waals surface area contributed by atoms with E-state index in [4.69, 9.17) is 23.2 Å². The number of allylic oxidation sites excluding steroid dienone is 1. The fourth-order valence-electron chi connectivity index (χ4n) is 2.83. The Morgan fingerprint density at radius 1 is 1.04 bits per heavy atom. The lowest BCUT2D eigenvalue weighted by molar-refractivity contribution is -0.113. The molecule has 134 valence electrons. The number of aryl methyl sites for hydroxylation is 1. The molecule has 5 nitrogen and oxygen atoms in total. The second kappa shape index (κ2) is 7.40. The third kappa shape index (κ3) is 3.69. The monoisotopic (exact) mass is 389 g/mol. The Morgan fingerprint density at radius 2 is 1.65 bits per heavy atom. The molecule has 3 amide bonds. The first-order valence-electron chi connectivity index (χ1n) is 7.97. The lowest BCUT2D eigenvalue weighted by atomic mass is 9.94. The predicted molar refractivity (Wildman–Crippen MR) is 103 cm³/mol. The van der Waals surface area contributed by atoms with E-state index in [1.807, 2.05) is 31.2 Å². The molecule has 2 aromatic carbocycles. The van der Waals surface area contributed by atoms with Gasteiger partial charge in [0.25, 0.3) is 5.91 Å². The van der Waals surface area contributed by atoms with Gasteiger partial charge in [-0.05, 0) is 38.1 Å². The van der Waals surface area contributed by atoms with E-state index < -0.39 is 12.1 Å². The fraction of sp³-hybridized carbons (Fsp3) is 0.158. The van der Waals surface area contributed by atoms with Crippen LogP contribution < -0.4 is 16.0 Å². The smallest absolute Gasteiger partial charge is 0.319 e. The molecule has 0 unspecified atom stereocenters. The van der Waals surface area contributed by atoms with Crippen molar-refractivity contribution >= 4 is 40.8 Å². The molecule has 0 bridgehead atoms. The molecule has 0 fully saturated rings. The number of nitrogens with one attached hydrogen (secondary N) is 3. The highest BCUT2D eigenvalue weighted by atomic mass is 35.5. The van der Waals surface area contributed by atoms with Crippen LogP contribution in [0.15, 0.2) is 53.7 Å². The molecule has 1 aliphatic rings. The molecule has 0 aromatic heterocycles. The number of amides is 3. The lowest BCUT2D eigenvalue weighted by Crippen LogP contribution is -2.46. The van der Waals surface area contributed by atoms with E-state index in [0.29, 0.717) is 32.6 Å². The average Bonchev–Trinajstić information content (AvgIpc) is 2.56. The molecule has 2 aromatic rings. The van der Waals surface area contributed by atoms with Gasteiger partial charge in [-0.15, -0.1) is 0 Å². The van der Waals surface area contributed by atoms with Gasteiger partial charge in [0.2, 0.25) is 0 Å². The van der Waals surface area contributed by atoms with Gasteiger partial charge >= 0.3 is 6.03 Å². The number of hydrogen-bond donors (Lipinski definition) is 3. The first-order valence-corrected chi connectivity index (χ1v) is 8.72. The summed E-state index contributed by atoms with van der Waals surface area (Å²) in [7, 11) is 0. The molecule has 1 atom stereocenters. The zero-order valence-electron chi connectivity index (χ0n) is 14.2. The first kappa shape index (κ1) is 18.3. The maximum atomic E-state index is 12.9. The summed E-state index contributed by atoms with van der Waals surface area (Å²) in [4.78, 5) is 24.9. The minimum atomic E-state index is -0.754. The Labute approximate surface area is 161 Å². The first-order chi connectivity index (χ1) is 12.4. The molecule has 3 N–H and O–H groups in total. The summed E-state index contributed by atoms with van der Waals surface area (Å²) in [5, 5.41) is 8.95.